The number of carbonyl (C=O) groups is 1. The first kappa shape index (κ1) is 19.3. The van der Waals surface area contributed by atoms with E-state index < -0.39 is 0 Å². The largest absolute Gasteiger partial charge is 0.495 e. The van der Waals surface area contributed by atoms with Crippen LogP contribution in [0, 0.1) is 6.92 Å². The number of ether oxygens (including phenoxy) is 2. The maximum atomic E-state index is 12.8. The van der Waals surface area contributed by atoms with Crippen molar-refractivity contribution in [2.24, 2.45) is 0 Å². The van der Waals surface area contributed by atoms with Gasteiger partial charge in [0, 0.05) is 24.4 Å². The molecule has 1 fully saturated rings. The number of aromatic amines is 1. The zero-order valence-electron chi connectivity index (χ0n) is 17.1. The second-order valence-electron chi connectivity index (χ2n) is 7.80. The highest BCUT2D eigenvalue weighted by Crippen LogP contribution is 2.46. The van der Waals surface area contributed by atoms with Crippen LogP contribution in [0.25, 0.3) is 10.6 Å². The third-order valence-corrected chi connectivity index (χ3v) is 7.24. The number of likely N-dealkylation sites (tertiary alicyclic amines) is 1. The minimum Gasteiger partial charge on any atom is -0.495 e. The van der Waals surface area contributed by atoms with Crippen molar-refractivity contribution < 1.29 is 14.3 Å². The number of hydrogen-bond donors (Lipinski definition) is 1. The van der Waals surface area contributed by atoms with E-state index in [9.17, 15) is 4.79 Å². The van der Waals surface area contributed by atoms with Gasteiger partial charge in [-0.15, -0.1) is 11.3 Å². The molecule has 8 heteroatoms. The number of methoxy groups -OCH3 is 1. The van der Waals surface area contributed by atoms with E-state index in [1.165, 1.54) is 10.4 Å². The lowest BCUT2D eigenvalue weighted by Gasteiger charge is -2.44. The van der Waals surface area contributed by atoms with Gasteiger partial charge in [-0.05, 0) is 43.5 Å². The zero-order valence-corrected chi connectivity index (χ0v) is 17.9. The molecule has 5 heterocycles. The van der Waals surface area contributed by atoms with E-state index in [1.807, 2.05) is 24.0 Å². The SMILES string of the molecule is COc1ccc(-c2cc3c(s2)CCOC32CCN(C(=O)c3cnc(C)[nH]3)CC2)nc1. The van der Waals surface area contributed by atoms with Crippen molar-refractivity contribution in [2.75, 3.05) is 26.8 Å². The first-order valence-corrected chi connectivity index (χ1v) is 11.0. The Morgan fingerprint density at radius 2 is 2.10 bits per heavy atom. The molecule has 0 unspecified atom stereocenters. The van der Waals surface area contributed by atoms with Gasteiger partial charge in [0.2, 0.25) is 0 Å². The Kier molecular flexibility index (Phi) is 4.83. The summed E-state index contributed by atoms with van der Waals surface area (Å²) < 4.78 is 11.6. The van der Waals surface area contributed by atoms with Crippen molar-refractivity contribution in [3.05, 3.63) is 52.6 Å². The van der Waals surface area contributed by atoms with Crippen molar-refractivity contribution in [3.63, 3.8) is 0 Å². The lowest BCUT2D eigenvalue weighted by atomic mass is 9.82. The van der Waals surface area contributed by atoms with Gasteiger partial charge < -0.3 is 19.4 Å². The van der Waals surface area contributed by atoms with Crippen LogP contribution in [0.15, 0.2) is 30.6 Å². The van der Waals surface area contributed by atoms with Gasteiger partial charge in [0.05, 0.1) is 42.3 Å². The molecule has 3 aromatic rings. The number of aryl methyl sites for hydroxylation is 1. The molecule has 0 aromatic carbocycles. The molecule has 7 nitrogen and oxygen atoms in total. The van der Waals surface area contributed by atoms with E-state index >= 15 is 0 Å². The maximum absolute atomic E-state index is 12.8. The van der Waals surface area contributed by atoms with E-state index in [-0.39, 0.29) is 11.5 Å². The average molecular weight is 425 g/mol. The number of thiophene rings is 1. The standard InChI is InChI=1S/C22H24N4O3S/c1-14-23-13-18(25-14)21(27)26-8-6-22(7-9-26)16-11-20(30-19(16)5-10-29-22)17-4-3-15(28-2)12-24-17/h3-4,11-13H,5-10H2,1-2H3,(H,23,25). The number of nitrogens with zero attached hydrogens (tertiary/aromatic N) is 3. The third-order valence-electron chi connectivity index (χ3n) is 6.02. The van der Waals surface area contributed by atoms with E-state index in [4.69, 9.17) is 9.47 Å². The molecule has 0 atom stereocenters. The van der Waals surface area contributed by atoms with E-state index in [1.54, 1.807) is 30.8 Å². The van der Waals surface area contributed by atoms with Crippen LogP contribution in [0.2, 0.25) is 0 Å². The van der Waals surface area contributed by atoms with Crippen LogP contribution in [-0.2, 0) is 16.8 Å². The molecule has 0 radical (unpaired) electrons. The summed E-state index contributed by atoms with van der Waals surface area (Å²) in [7, 11) is 1.65. The number of H-pyrrole nitrogens is 1. The highest BCUT2D eigenvalue weighted by molar-refractivity contribution is 7.15. The highest BCUT2D eigenvalue weighted by atomic mass is 32.1. The quantitative estimate of drug-likeness (QED) is 0.695. The van der Waals surface area contributed by atoms with Gasteiger partial charge in [-0.25, -0.2) is 4.98 Å². The molecule has 0 aliphatic carbocycles. The van der Waals surface area contributed by atoms with Crippen molar-refractivity contribution >= 4 is 17.2 Å². The number of nitrogens with one attached hydrogen (secondary N) is 1. The molecule has 2 aliphatic heterocycles. The van der Waals surface area contributed by atoms with Gasteiger partial charge in [0.15, 0.2) is 0 Å². The molecule has 2 aliphatic rings. The topological polar surface area (TPSA) is 80.3 Å². The number of hydrogen-bond acceptors (Lipinski definition) is 6. The fourth-order valence-electron chi connectivity index (χ4n) is 4.37. The van der Waals surface area contributed by atoms with Crippen molar-refractivity contribution in [1.82, 2.24) is 19.9 Å². The number of pyridine rings is 1. The summed E-state index contributed by atoms with van der Waals surface area (Å²) in [5.74, 6) is 1.52. The minimum atomic E-state index is -0.310. The summed E-state index contributed by atoms with van der Waals surface area (Å²) in [5.41, 5.74) is 2.47. The molecule has 5 rings (SSSR count). The van der Waals surface area contributed by atoms with Crippen molar-refractivity contribution in [1.29, 1.82) is 0 Å². The molecule has 3 aromatic heterocycles. The molecule has 1 amide bonds. The Labute approximate surface area is 179 Å². The molecule has 0 bridgehead atoms. The predicted molar refractivity (Wildman–Crippen MR) is 114 cm³/mol. The van der Waals surface area contributed by atoms with Crippen LogP contribution in [0.5, 0.6) is 5.75 Å². The normalized spacial score (nSPS) is 17.7. The smallest absolute Gasteiger partial charge is 0.271 e. The second kappa shape index (κ2) is 7.52. The molecule has 1 saturated heterocycles. The molecular weight excluding hydrogens is 400 g/mol. The van der Waals surface area contributed by atoms with Crippen LogP contribution >= 0.6 is 11.3 Å². The molecule has 156 valence electrons. The molecular formula is C22H24N4O3S. The summed E-state index contributed by atoms with van der Waals surface area (Å²) in [5, 5.41) is 0. The number of fused-ring (bicyclic) bond motifs is 2. The van der Waals surface area contributed by atoms with Crippen LogP contribution in [0.4, 0.5) is 0 Å². The summed E-state index contributed by atoms with van der Waals surface area (Å²) in [6.07, 6.45) is 5.88. The lowest BCUT2D eigenvalue weighted by Crippen LogP contribution is -2.48. The monoisotopic (exact) mass is 424 g/mol. The number of aromatic nitrogens is 3. The number of amides is 1. The molecule has 0 saturated carbocycles. The summed E-state index contributed by atoms with van der Waals surface area (Å²) >= 11 is 1.80. The van der Waals surface area contributed by atoms with Crippen LogP contribution in [-0.4, -0.2) is 52.6 Å². The lowest BCUT2D eigenvalue weighted by molar-refractivity contribution is -0.0926. The van der Waals surface area contributed by atoms with Crippen LogP contribution in [0.1, 0.15) is 39.6 Å². The molecule has 1 N–H and O–H groups in total. The second-order valence-corrected chi connectivity index (χ2v) is 8.93. The van der Waals surface area contributed by atoms with E-state index in [0.717, 1.165) is 48.0 Å². The number of piperidine rings is 1. The van der Waals surface area contributed by atoms with Gasteiger partial charge in [-0.2, -0.15) is 0 Å². The summed E-state index contributed by atoms with van der Waals surface area (Å²) in [6, 6.07) is 6.18. The van der Waals surface area contributed by atoms with Gasteiger partial charge in [0.25, 0.3) is 5.91 Å². The molecule has 1 spiro atoms. The third kappa shape index (κ3) is 3.30. The van der Waals surface area contributed by atoms with Crippen molar-refractivity contribution in [3.8, 4) is 16.3 Å². The number of imidazole rings is 1. The number of carbonyl (C=O) groups excluding carboxylic acids is 1. The predicted octanol–water partition coefficient (Wildman–Crippen LogP) is 3.55. The van der Waals surface area contributed by atoms with E-state index in [0.29, 0.717) is 18.8 Å². The van der Waals surface area contributed by atoms with Crippen LogP contribution < -0.4 is 4.74 Å². The van der Waals surface area contributed by atoms with Gasteiger partial charge in [0.1, 0.15) is 17.3 Å². The Morgan fingerprint density at radius 3 is 2.77 bits per heavy atom. The minimum absolute atomic E-state index is 0.00919. The first-order valence-electron chi connectivity index (χ1n) is 10.2. The van der Waals surface area contributed by atoms with Gasteiger partial charge in [-0.3, -0.25) is 9.78 Å². The Hall–Kier alpha value is -2.71. The fraction of sp³-hybridized carbons (Fsp3) is 0.409. The maximum Gasteiger partial charge on any atom is 0.271 e. The highest BCUT2D eigenvalue weighted by Gasteiger charge is 2.43. The summed E-state index contributed by atoms with van der Waals surface area (Å²) in [6.45, 7) is 3.91. The number of rotatable bonds is 3. The van der Waals surface area contributed by atoms with Crippen molar-refractivity contribution in [2.45, 2.75) is 31.8 Å². The zero-order chi connectivity index (χ0) is 20.7. The molecule has 30 heavy (non-hydrogen) atoms. The van der Waals surface area contributed by atoms with Gasteiger partial charge in [-0.1, -0.05) is 0 Å². The first-order chi connectivity index (χ1) is 14.6. The Morgan fingerprint density at radius 1 is 1.27 bits per heavy atom. The van der Waals surface area contributed by atoms with Gasteiger partial charge >= 0.3 is 0 Å². The summed E-state index contributed by atoms with van der Waals surface area (Å²) in [4.78, 5) is 28.9. The van der Waals surface area contributed by atoms with E-state index in [2.05, 4.69) is 21.0 Å². The Bertz CT molecular complexity index is 1060. The van der Waals surface area contributed by atoms with Crippen LogP contribution in [0.3, 0.4) is 0 Å². The average Bonchev–Trinajstić information content (AvgIpc) is 3.41. The fourth-order valence-corrected chi connectivity index (χ4v) is 5.58. The Balaban J connectivity index is 1.37.